The van der Waals surface area contributed by atoms with Crippen molar-refractivity contribution in [3.63, 3.8) is 0 Å². The maximum Gasteiger partial charge on any atom is 0.167 e. The second-order valence-electron chi connectivity index (χ2n) is 6.71. The van der Waals surface area contributed by atoms with Gasteiger partial charge in [0.25, 0.3) is 0 Å². The number of rotatable bonds is 2. The van der Waals surface area contributed by atoms with E-state index in [9.17, 15) is 4.79 Å². The molecule has 2 nitrogen and oxygen atoms in total. The van der Waals surface area contributed by atoms with Crippen LogP contribution in [0.1, 0.15) is 33.6 Å². The number of allylic oxidation sites excluding steroid dienone is 1. The highest BCUT2D eigenvalue weighted by atomic mass is 35.5. The average molecular weight is 290 g/mol. The summed E-state index contributed by atoms with van der Waals surface area (Å²) in [5, 5.41) is 0. The van der Waals surface area contributed by atoms with Crippen LogP contribution in [0.15, 0.2) is 42.1 Å². The molecule has 0 aliphatic heterocycles. The van der Waals surface area contributed by atoms with Crippen molar-refractivity contribution in [3.8, 4) is 0 Å². The lowest BCUT2D eigenvalue weighted by Gasteiger charge is -2.31. The number of carbonyl (C=O) groups excluding carboxylic acids is 1. The summed E-state index contributed by atoms with van der Waals surface area (Å²) in [7, 11) is 0. The number of hydrogen-bond acceptors (Lipinski definition) is 2. The molecule has 3 rings (SSSR count). The summed E-state index contributed by atoms with van der Waals surface area (Å²) in [5.74, 6) is 0.602. The van der Waals surface area contributed by atoms with Crippen LogP contribution < -0.4 is 4.42 Å². The van der Waals surface area contributed by atoms with Crippen molar-refractivity contribution < 1.29 is 4.79 Å². The Balaban J connectivity index is 1.96. The van der Waals surface area contributed by atoms with Crippen molar-refractivity contribution in [2.75, 3.05) is 4.42 Å². The molecule has 0 N–H and O–H groups in total. The number of benzene rings is 1. The number of carbonyl (C=O) groups is 1. The summed E-state index contributed by atoms with van der Waals surface area (Å²) in [6.07, 6.45) is 3.91. The first-order chi connectivity index (χ1) is 9.38. The zero-order chi connectivity index (χ0) is 14.5. The van der Waals surface area contributed by atoms with Gasteiger partial charge in [-0.05, 0) is 36.3 Å². The minimum atomic E-state index is -0.224. The number of ketones is 1. The molecule has 2 aliphatic carbocycles. The van der Waals surface area contributed by atoms with Crippen LogP contribution in [-0.2, 0) is 4.79 Å². The van der Waals surface area contributed by atoms with Gasteiger partial charge in [-0.2, -0.15) is 0 Å². The largest absolute Gasteiger partial charge is 0.294 e. The van der Waals surface area contributed by atoms with Crippen molar-refractivity contribution in [2.24, 2.45) is 16.7 Å². The number of fused-ring (bicyclic) bond motifs is 2. The van der Waals surface area contributed by atoms with E-state index in [1.54, 1.807) is 4.42 Å². The maximum absolute atomic E-state index is 12.7. The van der Waals surface area contributed by atoms with Gasteiger partial charge in [0.05, 0.1) is 5.69 Å². The minimum absolute atomic E-state index is 0.0321. The SMILES string of the molecule is CC12CCC(/C(=C/N(Cl)c3ccccc3)C1=O)C2(C)C. The van der Waals surface area contributed by atoms with Crippen molar-refractivity contribution in [1.29, 1.82) is 0 Å². The molecule has 2 aliphatic rings. The highest BCUT2D eigenvalue weighted by Gasteiger charge is 2.64. The van der Waals surface area contributed by atoms with Crippen molar-refractivity contribution in [2.45, 2.75) is 33.6 Å². The Bertz CT molecular complexity index is 578. The Morgan fingerprint density at radius 2 is 1.90 bits per heavy atom. The molecule has 0 amide bonds. The van der Waals surface area contributed by atoms with Crippen LogP contribution in [0.25, 0.3) is 0 Å². The quantitative estimate of drug-likeness (QED) is 0.588. The molecule has 2 saturated carbocycles. The molecule has 0 spiro atoms. The van der Waals surface area contributed by atoms with Crippen LogP contribution in [0.3, 0.4) is 0 Å². The van der Waals surface area contributed by atoms with Crippen LogP contribution in [0.2, 0.25) is 0 Å². The average Bonchev–Trinajstić information content (AvgIpc) is 2.74. The third-order valence-electron chi connectivity index (χ3n) is 5.62. The normalized spacial score (nSPS) is 32.9. The van der Waals surface area contributed by atoms with Gasteiger partial charge in [-0.15, -0.1) is 0 Å². The van der Waals surface area contributed by atoms with E-state index in [1.165, 1.54) is 0 Å². The van der Waals surface area contributed by atoms with E-state index in [0.29, 0.717) is 5.92 Å². The Hall–Kier alpha value is -1.28. The summed E-state index contributed by atoms with van der Waals surface area (Å²) in [6, 6.07) is 9.71. The fourth-order valence-electron chi connectivity index (χ4n) is 3.84. The summed E-state index contributed by atoms with van der Waals surface area (Å²) in [4.78, 5) is 12.7. The van der Waals surface area contributed by atoms with Crippen LogP contribution in [0.4, 0.5) is 5.69 Å². The monoisotopic (exact) mass is 289 g/mol. The van der Waals surface area contributed by atoms with E-state index in [4.69, 9.17) is 11.8 Å². The summed E-state index contributed by atoms with van der Waals surface area (Å²) >= 11 is 6.33. The molecule has 2 atom stereocenters. The number of hydrogen-bond donors (Lipinski definition) is 0. The fourth-order valence-corrected chi connectivity index (χ4v) is 4.06. The third kappa shape index (κ3) is 1.67. The second-order valence-corrected chi connectivity index (χ2v) is 7.07. The first-order valence-electron chi connectivity index (χ1n) is 7.14. The lowest BCUT2D eigenvalue weighted by Crippen LogP contribution is -2.32. The molecule has 1 aromatic carbocycles. The Morgan fingerprint density at radius 1 is 1.25 bits per heavy atom. The van der Waals surface area contributed by atoms with Gasteiger partial charge in [0.1, 0.15) is 0 Å². The Kier molecular flexibility index (Phi) is 2.98. The van der Waals surface area contributed by atoms with Gasteiger partial charge in [0.15, 0.2) is 5.78 Å². The molecule has 20 heavy (non-hydrogen) atoms. The number of para-hydroxylation sites is 1. The van der Waals surface area contributed by atoms with Gasteiger partial charge >= 0.3 is 0 Å². The molecule has 106 valence electrons. The zero-order valence-electron chi connectivity index (χ0n) is 12.2. The van der Waals surface area contributed by atoms with Gasteiger partial charge in [-0.1, -0.05) is 39.0 Å². The van der Waals surface area contributed by atoms with Crippen LogP contribution >= 0.6 is 11.8 Å². The first-order valence-corrected chi connectivity index (χ1v) is 7.48. The second kappa shape index (κ2) is 4.36. The van der Waals surface area contributed by atoms with E-state index < -0.39 is 0 Å². The van der Waals surface area contributed by atoms with E-state index >= 15 is 0 Å². The van der Waals surface area contributed by atoms with Crippen molar-refractivity contribution in [3.05, 3.63) is 42.1 Å². The summed E-state index contributed by atoms with van der Waals surface area (Å²) in [6.45, 7) is 6.53. The van der Waals surface area contributed by atoms with Crippen LogP contribution in [0.5, 0.6) is 0 Å². The van der Waals surface area contributed by atoms with Gasteiger partial charge in [-0.25, -0.2) is 0 Å². The lowest BCUT2D eigenvalue weighted by atomic mass is 9.70. The lowest BCUT2D eigenvalue weighted by molar-refractivity contribution is -0.125. The zero-order valence-corrected chi connectivity index (χ0v) is 12.9. The number of anilines is 1. The molecule has 3 heteroatoms. The predicted molar refractivity (Wildman–Crippen MR) is 82.5 cm³/mol. The highest BCUT2D eigenvalue weighted by Crippen LogP contribution is 2.65. The summed E-state index contributed by atoms with van der Waals surface area (Å²) in [5.41, 5.74) is 1.59. The molecule has 0 radical (unpaired) electrons. The van der Waals surface area contributed by atoms with Gasteiger partial charge < -0.3 is 0 Å². The Morgan fingerprint density at radius 3 is 2.45 bits per heavy atom. The predicted octanol–water partition coefficient (Wildman–Crippen LogP) is 4.56. The van der Waals surface area contributed by atoms with E-state index in [-0.39, 0.29) is 16.6 Å². The van der Waals surface area contributed by atoms with Crippen molar-refractivity contribution >= 4 is 23.2 Å². The number of nitrogens with zero attached hydrogens (tertiary/aromatic N) is 1. The van der Waals surface area contributed by atoms with Gasteiger partial charge in [0.2, 0.25) is 0 Å². The molecular formula is C17H20ClNO. The minimum Gasteiger partial charge on any atom is -0.294 e. The molecular weight excluding hydrogens is 270 g/mol. The van der Waals surface area contributed by atoms with Gasteiger partial charge in [-0.3, -0.25) is 9.21 Å². The highest BCUT2D eigenvalue weighted by molar-refractivity contribution is 6.27. The van der Waals surface area contributed by atoms with Crippen LogP contribution in [-0.4, -0.2) is 5.78 Å². The van der Waals surface area contributed by atoms with Crippen molar-refractivity contribution in [1.82, 2.24) is 0 Å². The van der Waals surface area contributed by atoms with E-state index in [1.807, 2.05) is 36.5 Å². The maximum atomic E-state index is 12.7. The molecule has 2 bridgehead atoms. The van der Waals surface area contributed by atoms with E-state index in [0.717, 1.165) is 24.1 Å². The molecule has 0 heterocycles. The number of Topliss-reactive ketones (excluding diaryl/α,β-unsaturated/α-hetero) is 1. The fraction of sp³-hybridized carbons (Fsp3) is 0.471. The van der Waals surface area contributed by atoms with E-state index in [2.05, 4.69) is 20.8 Å². The standard InChI is InChI=1S/C17H20ClNO/c1-16(2)14-9-10-17(16,3)15(20)13(14)11-19(18)12-7-5-4-6-8-12/h4-8,11,14H,9-10H2,1-3H3/b13-11-. The third-order valence-corrected chi connectivity index (χ3v) is 5.91. The Labute approximate surface area is 125 Å². The summed E-state index contributed by atoms with van der Waals surface area (Å²) < 4.78 is 1.55. The van der Waals surface area contributed by atoms with Gasteiger partial charge in [0, 0.05) is 29.0 Å². The molecule has 2 fully saturated rings. The smallest absolute Gasteiger partial charge is 0.167 e. The molecule has 0 aromatic heterocycles. The molecule has 2 unspecified atom stereocenters. The first kappa shape index (κ1) is 13.7. The molecule has 1 aromatic rings. The topological polar surface area (TPSA) is 20.3 Å². The number of halogens is 1. The molecule has 0 saturated heterocycles. The van der Waals surface area contributed by atoms with Crippen LogP contribution in [0, 0.1) is 16.7 Å².